The van der Waals surface area contributed by atoms with Gasteiger partial charge < -0.3 is 10.0 Å². The van der Waals surface area contributed by atoms with Crippen molar-refractivity contribution in [2.75, 3.05) is 0 Å². The number of carboxylic acids is 1. The van der Waals surface area contributed by atoms with Gasteiger partial charge in [0.1, 0.15) is 0 Å². The molecule has 2 aliphatic rings. The Balaban J connectivity index is 1.67. The number of hydrogen-bond donors (Lipinski definition) is 1. The first-order valence-electron chi connectivity index (χ1n) is 7.54. The minimum atomic E-state index is -0.783. The number of aliphatic carboxylic acids is 1. The fourth-order valence-electron chi connectivity index (χ4n) is 3.94. The lowest BCUT2D eigenvalue weighted by Gasteiger charge is -2.23. The minimum Gasteiger partial charge on any atom is -0.481 e. The lowest BCUT2D eigenvalue weighted by atomic mass is 9.89. The van der Waals surface area contributed by atoms with Crippen LogP contribution in [0.1, 0.15) is 29.6 Å². The summed E-state index contributed by atoms with van der Waals surface area (Å²) in [7, 11) is 0. The highest BCUT2D eigenvalue weighted by atomic mass is 16.4. The molecule has 1 N–H and O–H groups in total. The number of carboxylic acid groups (broad SMARTS) is 1. The average Bonchev–Trinajstić information content (AvgIpc) is 3.11. The molecule has 2 aromatic rings. The fraction of sp³-hybridized carbons (Fsp3) is 0.353. The van der Waals surface area contributed by atoms with Crippen LogP contribution < -0.4 is 0 Å². The summed E-state index contributed by atoms with van der Waals surface area (Å²) in [6, 6.07) is 7.37. The average molecular weight is 296 g/mol. The van der Waals surface area contributed by atoms with E-state index in [0.29, 0.717) is 12.0 Å². The van der Waals surface area contributed by atoms with Gasteiger partial charge in [0.25, 0.3) is 5.91 Å². The van der Waals surface area contributed by atoms with Gasteiger partial charge in [-0.05, 0) is 42.8 Å². The number of pyridine rings is 1. The lowest BCUT2D eigenvalue weighted by molar-refractivity contribution is -0.142. The van der Waals surface area contributed by atoms with Gasteiger partial charge in [-0.3, -0.25) is 14.6 Å². The summed E-state index contributed by atoms with van der Waals surface area (Å²) in [5, 5.41) is 11.3. The third kappa shape index (κ3) is 1.89. The van der Waals surface area contributed by atoms with Crippen LogP contribution in [0.25, 0.3) is 10.8 Å². The van der Waals surface area contributed by atoms with Crippen molar-refractivity contribution < 1.29 is 14.7 Å². The van der Waals surface area contributed by atoms with Crippen molar-refractivity contribution in [1.29, 1.82) is 0 Å². The predicted octanol–water partition coefficient (Wildman–Crippen LogP) is 2.31. The zero-order chi connectivity index (χ0) is 15.3. The summed E-state index contributed by atoms with van der Waals surface area (Å²) >= 11 is 0. The summed E-state index contributed by atoms with van der Waals surface area (Å²) in [4.78, 5) is 30.0. The minimum absolute atomic E-state index is 0.0463. The van der Waals surface area contributed by atoms with Crippen molar-refractivity contribution in [1.82, 2.24) is 9.88 Å². The highest BCUT2D eigenvalue weighted by Crippen LogP contribution is 2.42. The van der Waals surface area contributed by atoms with Crippen LogP contribution in [0.3, 0.4) is 0 Å². The lowest BCUT2D eigenvalue weighted by Crippen LogP contribution is -2.37. The molecule has 0 aliphatic carbocycles. The normalized spacial score (nSPS) is 26.5. The number of aromatic nitrogens is 1. The van der Waals surface area contributed by atoms with E-state index in [-0.39, 0.29) is 18.0 Å². The van der Waals surface area contributed by atoms with Gasteiger partial charge in [0, 0.05) is 35.4 Å². The molecule has 3 unspecified atom stereocenters. The number of rotatable bonds is 2. The predicted molar refractivity (Wildman–Crippen MR) is 80.5 cm³/mol. The molecule has 2 bridgehead atoms. The topological polar surface area (TPSA) is 70.5 Å². The van der Waals surface area contributed by atoms with Gasteiger partial charge >= 0.3 is 5.97 Å². The molecule has 22 heavy (non-hydrogen) atoms. The molecule has 1 amide bonds. The van der Waals surface area contributed by atoms with Crippen LogP contribution >= 0.6 is 0 Å². The van der Waals surface area contributed by atoms with Crippen LogP contribution in [0, 0.1) is 5.92 Å². The second-order valence-electron chi connectivity index (χ2n) is 6.13. The van der Waals surface area contributed by atoms with E-state index in [1.54, 1.807) is 23.4 Å². The van der Waals surface area contributed by atoms with Crippen molar-refractivity contribution in [3.8, 4) is 0 Å². The first kappa shape index (κ1) is 13.2. The van der Waals surface area contributed by atoms with E-state index in [2.05, 4.69) is 4.98 Å². The molecule has 2 saturated heterocycles. The molecule has 3 atom stereocenters. The van der Waals surface area contributed by atoms with Crippen molar-refractivity contribution >= 4 is 22.6 Å². The summed E-state index contributed by atoms with van der Waals surface area (Å²) in [5.74, 6) is -1.24. The SMILES string of the molecule is O=C(O)C1CC2CCC1N2C(=O)c1ccc2cnccc2c1. The molecular weight excluding hydrogens is 280 g/mol. The van der Waals surface area contributed by atoms with Crippen LogP contribution in [-0.2, 0) is 4.79 Å². The largest absolute Gasteiger partial charge is 0.481 e. The van der Waals surface area contributed by atoms with Gasteiger partial charge in [-0.1, -0.05) is 6.07 Å². The number of nitrogens with zero attached hydrogens (tertiary/aromatic N) is 2. The summed E-state index contributed by atoms with van der Waals surface area (Å²) in [5.41, 5.74) is 0.627. The first-order valence-corrected chi connectivity index (χ1v) is 7.54. The molecule has 112 valence electrons. The highest BCUT2D eigenvalue weighted by Gasteiger charge is 2.51. The molecule has 5 nitrogen and oxygen atoms in total. The zero-order valence-electron chi connectivity index (χ0n) is 12.0. The van der Waals surface area contributed by atoms with Crippen molar-refractivity contribution in [2.45, 2.75) is 31.3 Å². The molecule has 0 radical (unpaired) electrons. The Kier molecular flexibility index (Phi) is 2.89. The Morgan fingerprint density at radius 2 is 2.05 bits per heavy atom. The molecule has 2 fully saturated rings. The van der Waals surface area contributed by atoms with Gasteiger partial charge in [-0.25, -0.2) is 0 Å². The van der Waals surface area contributed by atoms with Crippen LogP contribution in [-0.4, -0.2) is 39.0 Å². The molecule has 4 rings (SSSR count). The molecule has 2 aliphatic heterocycles. The Hall–Kier alpha value is -2.43. The maximum atomic E-state index is 12.8. The van der Waals surface area contributed by atoms with Crippen LogP contribution in [0.2, 0.25) is 0 Å². The van der Waals surface area contributed by atoms with E-state index in [1.807, 2.05) is 18.2 Å². The smallest absolute Gasteiger partial charge is 0.308 e. The van der Waals surface area contributed by atoms with Gasteiger partial charge in [0.05, 0.1) is 5.92 Å². The number of benzene rings is 1. The third-order valence-corrected chi connectivity index (χ3v) is 4.98. The Bertz CT molecular complexity index is 773. The van der Waals surface area contributed by atoms with Crippen LogP contribution in [0.5, 0.6) is 0 Å². The molecule has 0 spiro atoms. The van der Waals surface area contributed by atoms with Crippen molar-refractivity contribution in [3.63, 3.8) is 0 Å². The maximum Gasteiger partial charge on any atom is 0.308 e. The van der Waals surface area contributed by atoms with E-state index in [9.17, 15) is 14.7 Å². The molecule has 0 saturated carbocycles. The summed E-state index contributed by atoms with van der Waals surface area (Å²) in [6.07, 6.45) is 5.77. The summed E-state index contributed by atoms with van der Waals surface area (Å²) in [6.45, 7) is 0. The number of hydrogen-bond acceptors (Lipinski definition) is 3. The zero-order valence-corrected chi connectivity index (χ0v) is 12.0. The van der Waals surface area contributed by atoms with Crippen LogP contribution in [0.4, 0.5) is 0 Å². The van der Waals surface area contributed by atoms with Gasteiger partial charge in [-0.15, -0.1) is 0 Å². The van der Waals surface area contributed by atoms with Crippen molar-refractivity contribution in [2.24, 2.45) is 5.92 Å². The second-order valence-corrected chi connectivity index (χ2v) is 6.13. The van der Waals surface area contributed by atoms with E-state index >= 15 is 0 Å². The summed E-state index contributed by atoms with van der Waals surface area (Å²) < 4.78 is 0. The Labute approximate surface area is 127 Å². The number of amides is 1. The molecule has 5 heteroatoms. The maximum absolute atomic E-state index is 12.8. The van der Waals surface area contributed by atoms with Gasteiger partial charge in [0.2, 0.25) is 0 Å². The molecule has 1 aromatic carbocycles. The highest BCUT2D eigenvalue weighted by molar-refractivity contribution is 5.99. The third-order valence-electron chi connectivity index (χ3n) is 4.98. The van der Waals surface area contributed by atoms with Gasteiger partial charge in [0.15, 0.2) is 0 Å². The van der Waals surface area contributed by atoms with Gasteiger partial charge in [-0.2, -0.15) is 0 Å². The quantitative estimate of drug-likeness (QED) is 0.923. The monoisotopic (exact) mass is 296 g/mol. The molecule has 1 aromatic heterocycles. The van der Waals surface area contributed by atoms with E-state index < -0.39 is 11.9 Å². The Morgan fingerprint density at radius 1 is 1.18 bits per heavy atom. The van der Waals surface area contributed by atoms with E-state index in [1.165, 1.54) is 0 Å². The second kappa shape index (κ2) is 4.80. The van der Waals surface area contributed by atoms with E-state index in [4.69, 9.17) is 0 Å². The molecular formula is C17H16N2O3. The standard InChI is InChI=1S/C17H16N2O3/c20-16(11-1-2-12-9-18-6-5-10(12)7-11)19-13-3-4-15(19)14(8-13)17(21)22/h1-2,5-7,9,13-15H,3-4,8H2,(H,21,22). The van der Waals surface area contributed by atoms with E-state index in [0.717, 1.165) is 23.6 Å². The fourth-order valence-corrected chi connectivity index (χ4v) is 3.94. The van der Waals surface area contributed by atoms with Crippen molar-refractivity contribution in [3.05, 3.63) is 42.2 Å². The van der Waals surface area contributed by atoms with Crippen LogP contribution in [0.15, 0.2) is 36.7 Å². The number of carbonyl (C=O) groups excluding carboxylic acids is 1. The Morgan fingerprint density at radius 3 is 2.82 bits per heavy atom. The first-order chi connectivity index (χ1) is 10.6. The number of fused-ring (bicyclic) bond motifs is 3. The molecule has 3 heterocycles. The number of carbonyl (C=O) groups is 2.